The summed E-state index contributed by atoms with van der Waals surface area (Å²) in [4.78, 5) is 23.6. The van der Waals surface area contributed by atoms with Crippen LogP contribution in [0.3, 0.4) is 0 Å². The van der Waals surface area contributed by atoms with E-state index in [0.29, 0.717) is 11.1 Å². The summed E-state index contributed by atoms with van der Waals surface area (Å²) in [5.41, 5.74) is 0.914. The first-order valence-electron chi connectivity index (χ1n) is 9.93. The standard InChI is InChI=1S/C22H31O7P/c1-7-26-20(23)14-12-18-10-9-11-19(13-15-21(24)27-8-2)22(18)30(25,28-16(3)4)29-17(5)6/h9-17H,7-8H2,1-6H3/b14-12+,15-13+. The highest BCUT2D eigenvalue weighted by atomic mass is 31.2. The quantitative estimate of drug-likeness (QED) is 0.285. The zero-order chi connectivity index (χ0) is 22.7. The number of hydrogen-bond donors (Lipinski definition) is 0. The average Bonchev–Trinajstić information content (AvgIpc) is 2.63. The highest BCUT2D eigenvalue weighted by Crippen LogP contribution is 2.51. The van der Waals surface area contributed by atoms with E-state index in [1.807, 2.05) is 0 Å². The van der Waals surface area contributed by atoms with Gasteiger partial charge in [-0.25, -0.2) is 9.59 Å². The number of ether oxygens (including phenoxy) is 2. The molecule has 0 atom stereocenters. The van der Waals surface area contributed by atoms with Gasteiger partial charge in [0.15, 0.2) is 0 Å². The molecular formula is C22H31O7P. The van der Waals surface area contributed by atoms with Crippen molar-refractivity contribution >= 4 is 37.0 Å². The molecule has 0 heterocycles. The van der Waals surface area contributed by atoms with Crippen LogP contribution < -0.4 is 5.30 Å². The summed E-state index contributed by atoms with van der Waals surface area (Å²) in [6.07, 6.45) is 4.70. The van der Waals surface area contributed by atoms with E-state index < -0.39 is 31.7 Å². The van der Waals surface area contributed by atoms with Crippen molar-refractivity contribution in [3.8, 4) is 0 Å². The van der Waals surface area contributed by atoms with Crippen molar-refractivity contribution in [3.63, 3.8) is 0 Å². The first kappa shape index (κ1) is 25.8. The van der Waals surface area contributed by atoms with Crippen LogP contribution in [0.15, 0.2) is 30.4 Å². The van der Waals surface area contributed by atoms with E-state index in [0.717, 1.165) is 0 Å². The molecule has 0 bridgehead atoms. The molecule has 0 aliphatic carbocycles. The maximum absolute atomic E-state index is 13.9. The lowest BCUT2D eigenvalue weighted by Crippen LogP contribution is -2.21. The number of carbonyl (C=O) groups is 2. The Morgan fingerprint density at radius 1 is 0.867 bits per heavy atom. The fraction of sp³-hybridized carbons (Fsp3) is 0.455. The topological polar surface area (TPSA) is 88.1 Å². The Morgan fingerprint density at radius 3 is 1.60 bits per heavy atom. The van der Waals surface area contributed by atoms with Gasteiger partial charge in [0.1, 0.15) is 0 Å². The van der Waals surface area contributed by atoms with Crippen LogP contribution in [0.25, 0.3) is 12.2 Å². The van der Waals surface area contributed by atoms with Crippen LogP contribution in [-0.2, 0) is 32.7 Å². The number of esters is 2. The van der Waals surface area contributed by atoms with E-state index in [4.69, 9.17) is 18.5 Å². The minimum absolute atomic E-state index is 0.240. The number of carbonyl (C=O) groups excluding carboxylic acids is 2. The van der Waals surface area contributed by atoms with Crippen molar-refractivity contribution in [2.45, 2.75) is 53.8 Å². The summed E-state index contributed by atoms with van der Waals surface area (Å²) in [7, 11) is -3.82. The SMILES string of the molecule is CCOC(=O)/C=C/c1cccc(/C=C/C(=O)OCC)c1P(=O)(OC(C)C)OC(C)C. The Bertz CT molecular complexity index is 765. The molecular weight excluding hydrogens is 407 g/mol. The van der Waals surface area contributed by atoms with Crippen LogP contribution >= 0.6 is 7.60 Å². The predicted octanol–water partition coefficient (Wildman–Crippen LogP) is 4.51. The highest BCUT2D eigenvalue weighted by Gasteiger charge is 2.34. The van der Waals surface area contributed by atoms with Gasteiger partial charge in [-0.2, -0.15) is 0 Å². The normalized spacial score (nSPS) is 12.3. The molecule has 166 valence electrons. The first-order chi connectivity index (χ1) is 14.1. The van der Waals surface area contributed by atoms with Gasteiger partial charge in [0.2, 0.25) is 0 Å². The molecule has 1 aromatic carbocycles. The molecule has 0 radical (unpaired) electrons. The molecule has 0 fully saturated rings. The van der Waals surface area contributed by atoms with Gasteiger partial charge in [0.05, 0.1) is 30.7 Å². The zero-order valence-corrected chi connectivity index (χ0v) is 19.3. The Hall–Kier alpha value is -2.21. The molecule has 0 saturated heterocycles. The van der Waals surface area contributed by atoms with Gasteiger partial charge in [-0.15, -0.1) is 0 Å². The van der Waals surface area contributed by atoms with E-state index in [1.165, 1.54) is 24.3 Å². The fourth-order valence-electron chi connectivity index (χ4n) is 2.55. The summed E-state index contributed by atoms with van der Waals surface area (Å²) < 4.78 is 35.2. The maximum atomic E-state index is 13.9. The largest absolute Gasteiger partial charge is 0.463 e. The minimum Gasteiger partial charge on any atom is -0.463 e. The average molecular weight is 438 g/mol. The van der Waals surface area contributed by atoms with Gasteiger partial charge in [-0.05, 0) is 64.8 Å². The third-order valence-electron chi connectivity index (χ3n) is 3.44. The van der Waals surface area contributed by atoms with Crippen molar-refractivity contribution in [1.82, 2.24) is 0 Å². The highest BCUT2D eigenvalue weighted by molar-refractivity contribution is 7.62. The smallest absolute Gasteiger partial charge is 0.363 e. The summed E-state index contributed by atoms with van der Waals surface area (Å²) in [5.74, 6) is -1.05. The molecule has 0 amide bonds. The Kier molecular flexibility index (Phi) is 10.7. The Labute approximate surface area is 178 Å². The van der Waals surface area contributed by atoms with E-state index in [2.05, 4.69) is 0 Å². The lowest BCUT2D eigenvalue weighted by atomic mass is 10.1. The zero-order valence-electron chi connectivity index (χ0n) is 18.4. The fourth-order valence-corrected chi connectivity index (χ4v) is 4.85. The second-order valence-corrected chi connectivity index (χ2v) is 8.63. The van der Waals surface area contributed by atoms with Crippen LogP contribution in [0.1, 0.15) is 52.7 Å². The monoisotopic (exact) mass is 438 g/mol. The molecule has 8 heteroatoms. The molecule has 0 N–H and O–H groups in total. The van der Waals surface area contributed by atoms with Gasteiger partial charge in [0, 0.05) is 12.2 Å². The van der Waals surface area contributed by atoms with E-state index in [1.54, 1.807) is 59.7 Å². The summed E-state index contributed by atoms with van der Waals surface area (Å²) >= 11 is 0. The van der Waals surface area contributed by atoms with Gasteiger partial charge in [-0.1, -0.05) is 18.2 Å². The van der Waals surface area contributed by atoms with E-state index in [-0.39, 0.29) is 18.5 Å². The minimum atomic E-state index is -3.82. The first-order valence-corrected chi connectivity index (χ1v) is 11.5. The summed E-state index contributed by atoms with van der Waals surface area (Å²) in [6.45, 7) is 10.9. The molecule has 0 spiro atoms. The number of rotatable bonds is 11. The molecule has 30 heavy (non-hydrogen) atoms. The van der Waals surface area contributed by atoms with Crippen molar-refractivity contribution in [1.29, 1.82) is 0 Å². The van der Waals surface area contributed by atoms with E-state index >= 15 is 0 Å². The van der Waals surface area contributed by atoms with Crippen LogP contribution in [-0.4, -0.2) is 37.4 Å². The Morgan fingerprint density at radius 2 is 1.27 bits per heavy atom. The van der Waals surface area contributed by atoms with Crippen molar-refractivity contribution in [3.05, 3.63) is 41.5 Å². The van der Waals surface area contributed by atoms with E-state index in [9.17, 15) is 14.2 Å². The van der Waals surface area contributed by atoms with Crippen molar-refractivity contribution in [2.24, 2.45) is 0 Å². The summed E-state index contributed by atoms with van der Waals surface area (Å²) in [5, 5.41) is 0.258. The second-order valence-electron chi connectivity index (χ2n) is 6.76. The molecule has 0 aliphatic rings. The number of benzene rings is 1. The molecule has 0 unspecified atom stereocenters. The Balaban J connectivity index is 3.62. The van der Waals surface area contributed by atoms with Crippen molar-refractivity contribution < 1.29 is 32.7 Å². The van der Waals surface area contributed by atoms with Crippen LogP contribution in [0, 0.1) is 0 Å². The lowest BCUT2D eigenvalue weighted by Gasteiger charge is -2.25. The van der Waals surface area contributed by atoms with Crippen LogP contribution in [0.4, 0.5) is 0 Å². The van der Waals surface area contributed by atoms with Gasteiger partial charge in [-0.3, -0.25) is 4.57 Å². The van der Waals surface area contributed by atoms with Crippen LogP contribution in [0.5, 0.6) is 0 Å². The van der Waals surface area contributed by atoms with Gasteiger partial charge >= 0.3 is 19.5 Å². The van der Waals surface area contributed by atoms with Crippen LogP contribution in [0.2, 0.25) is 0 Å². The summed E-state index contributed by atoms with van der Waals surface area (Å²) in [6, 6.07) is 5.09. The molecule has 7 nitrogen and oxygen atoms in total. The molecule has 1 aromatic rings. The van der Waals surface area contributed by atoms with Crippen molar-refractivity contribution in [2.75, 3.05) is 13.2 Å². The lowest BCUT2D eigenvalue weighted by molar-refractivity contribution is -0.138. The molecule has 0 aromatic heterocycles. The molecule has 1 rings (SSSR count). The second kappa shape index (κ2) is 12.5. The third kappa shape index (κ3) is 8.27. The number of hydrogen-bond acceptors (Lipinski definition) is 7. The maximum Gasteiger partial charge on any atom is 0.363 e. The predicted molar refractivity (Wildman–Crippen MR) is 117 cm³/mol. The molecule has 0 saturated carbocycles. The van der Waals surface area contributed by atoms with Gasteiger partial charge < -0.3 is 18.5 Å². The third-order valence-corrected chi connectivity index (χ3v) is 5.91. The molecule has 0 aliphatic heterocycles. The van der Waals surface area contributed by atoms with Gasteiger partial charge in [0.25, 0.3) is 0 Å².